The number of hydrogen-bond acceptors (Lipinski definition) is 7. The number of aromatic amines is 1. The second-order valence-electron chi connectivity index (χ2n) is 13.3. The Balaban J connectivity index is 1.08. The van der Waals surface area contributed by atoms with Crippen LogP contribution in [0.15, 0.2) is 54.7 Å². The summed E-state index contributed by atoms with van der Waals surface area (Å²) < 4.78 is 6.19. The van der Waals surface area contributed by atoms with Gasteiger partial charge in [0.2, 0.25) is 17.5 Å². The molecule has 2 aromatic carbocycles. The highest BCUT2D eigenvalue weighted by Crippen LogP contribution is 2.48. The molecule has 8 rings (SSSR count). The summed E-state index contributed by atoms with van der Waals surface area (Å²) in [4.78, 5) is 49.9. The van der Waals surface area contributed by atoms with Crippen LogP contribution in [0.25, 0.3) is 10.9 Å². The van der Waals surface area contributed by atoms with Gasteiger partial charge in [0.05, 0.1) is 5.92 Å². The van der Waals surface area contributed by atoms with Crippen LogP contribution in [-0.2, 0) is 32.0 Å². The molecule has 11 heteroatoms. The van der Waals surface area contributed by atoms with E-state index in [2.05, 4.69) is 33.5 Å². The number of piperazine rings is 1. The van der Waals surface area contributed by atoms with Crippen molar-refractivity contribution in [1.82, 2.24) is 25.0 Å². The van der Waals surface area contributed by atoms with Crippen molar-refractivity contribution in [3.05, 3.63) is 71.4 Å². The lowest BCUT2D eigenvalue weighted by Crippen LogP contribution is -2.72. The molecule has 0 saturated carbocycles. The number of hydrogen-bond donors (Lipinski definition) is 4. The van der Waals surface area contributed by atoms with Crippen LogP contribution in [0.3, 0.4) is 0 Å². The third-order valence-electron chi connectivity index (χ3n) is 10.7. The van der Waals surface area contributed by atoms with Gasteiger partial charge in [-0.2, -0.15) is 0 Å². The molecule has 0 unspecified atom stereocenters. The molecule has 5 heterocycles. The smallest absolute Gasteiger partial charge is 0.280 e. The van der Waals surface area contributed by atoms with Crippen LogP contribution in [0.5, 0.6) is 0 Å². The minimum absolute atomic E-state index is 0.125. The number of amides is 3. The molecule has 0 spiro atoms. The number of aromatic nitrogens is 1. The molecule has 1 aromatic heterocycles. The predicted molar refractivity (Wildman–Crippen MR) is 159 cm³/mol. The van der Waals surface area contributed by atoms with E-state index in [0.29, 0.717) is 13.0 Å². The first kappa shape index (κ1) is 27.8. The number of H-pyrrole nitrogens is 1. The number of carbonyl (C=O) groups excluding carboxylic acids is 3. The lowest BCUT2D eigenvalue weighted by molar-refractivity contribution is -0.319. The molecule has 3 amide bonds. The SMILES string of the molecule is CN1C[C@H](C(=O)N[C@]2(C)O[C@@]3(O)[C@@H]4CC[C@H](O)N4C(=O)[C@H](Cc4ccccc4)N3C2=O)C[C@H]2c3cccc4[nH]cc(c34)C[C@H]21. The summed E-state index contributed by atoms with van der Waals surface area (Å²) in [6.45, 7) is 1.96. The Morgan fingerprint density at radius 3 is 2.73 bits per heavy atom. The minimum Gasteiger partial charge on any atom is -0.374 e. The zero-order chi connectivity index (χ0) is 30.5. The van der Waals surface area contributed by atoms with E-state index in [0.717, 1.165) is 22.4 Å². The Labute approximate surface area is 254 Å². The number of nitrogens with one attached hydrogen (secondary N) is 2. The normalized spacial score (nSPS) is 36.4. The lowest BCUT2D eigenvalue weighted by atomic mass is 9.72. The van der Waals surface area contributed by atoms with Gasteiger partial charge in [0.15, 0.2) is 0 Å². The van der Waals surface area contributed by atoms with Gasteiger partial charge in [-0.05, 0) is 62.4 Å². The molecule has 4 fully saturated rings. The summed E-state index contributed by atoms with van der Waals surface area (Å²) in [5.41, 5.74) is 2.50. The maximum Gasteiger partial charge on any atom is 0.280 e. The van der Waals surface area contributed by atoms with Crippen LogP contribution in [0.2, 0.25) is 0 Å². The molecule has 230 valence electrons. The number of nitrogens with zero attached hydrogens (tertiary/aromatic N) is 3. The molecule has 4 aliphatic heterocycles. The molecule has 3 aromatic rings. The van der Waals surface area contributed by atoms with Crippen molar-refractivity contribution in [2.75, 3.05) is 13.6 Å². The number of benzene rings is 2. The van der Waals surface area contributed by atoms with Gasteiger partial charge in [0.25, 0.3) is 11.8 Å². The largest absolute Gasteiger partial charge is 0.374 e. The molecular weight excluding hydrogens is 562 g/mol. The summed E-state index contributed by atoms with van der Waals surface area (Å²) in [6, 6.07) is 13.7. The molecule has 44 heavy (non-hydrogen) atoms. The number of aliphatic hydroxyl groups excluding tert-OH is 1. The highest BCUT2D eigenvalue weighted by Gasteiger charge is 2.71. The fraction of sp³-hybridized carbons (Fsp3) is 0.485. The van der Waals surface area contributed by atoms with Crippen molar-refractivity contribution in [3.8, 4) is 0 Å². The van der Waals surface area contributed by atoms with E-state index in [9.17, 15) is 24.6 Å². The van der Waals surface area contributed by atoms with Gasteiger partial charge in [0.1, 0.15) is 18.3 Å². The second-order valence-corrected chi connectivity index (χ2v) is 13.3. The summed E-state index contributed by atoms with van der Waals surface area (Å²) in [7, 11) is 2.04. The number of carbonyl (C=O) groups is 3. The maximum atomic E-state index is 14.2. The number of likely N-dealkylation sites (tertiary alicyclic amines) is 1. The highest BCUT2D eigenvalue weighted by molar-refractivity contribution is 5.97. The van der Waals surface area contributed by atoms with Gasteiger partial charge in [-0.15, -0.1) is 0 Å². The average molecular weight is 600 g/mol. The first-order chi connectivity index (χ1) is 21.1. The highest BCUT2D eigenvalue weighted by atomic mass is 16.7. The molecule has 1 aliphatic carbocycles. The molecule has 8 atom stereocenters. The van der Waals surface area contributed by atoms with Gasteiger partial charge in [0, 0.05) is 42.0 Å². The fourth-order valence-corrected chi connectivity index (χ4v) is 8.67. The van der Waals surface area contributed by atoms with Crippen LogP contribution in [-0.4, -0.2) is 97.2 Å². The molecular formula is C33H37N5O6. The zero-order valence-corrected chi connectivity index (χ0v) is 24.8. The number of rotatable bonds is 4. The van der Waals surface area contributed by atoms with E-state index in [1.54, 1.807) is 0 Å². The Bertz CT molecular complexity index is 1680. The van der Waals surface area contributed by atoms with Crippen molar-refractivity contribution >= 4 is 28.6 Å². The fourth-order valence-electron chi connectivity index (χ4n) is 8.67. The first-order valence-corrected chi connectivity index (χ1v) is 15.5. The Morgan fingerprint density at radius 2 is 1.93 bits per heavy atom. The van der Waals surface area contributed by atoms with E-state index in [1.165, 1.54) is 28.3 Å². The molecule has 4 N–H and O–H groups in total. The zero-order valence-electron chi connectivity index (χ0n) is 24.8. The van der Waals surface area contributed by atoms with E-state index in [-0.39, 0.29) is 37.1 Å². The number of piperidine rings is 1. The molecule has 0 radical (unpaired) electrons. The Kier molecular flexibility index (Phi) is 6.06. The predicted octanol–water partition coefficient (Wildman–Crippen LogP) is 1.40. The van der Waals surface area contributed by atoms with Gasteiger partial charge >= 0.3 is 0 Å². The third-order valence-corrected chi connectivity index (χ3v) is 10.7. The average Bonchev–Trinajstić information content (AvgIpc) is 3.66. The van der Waals surface area contributed by atoms with Gasteiger partial charge in [-0.1, -0.05) is 42.5 Å². The maximum absolute atomic E-state index is 14.2. The van der Waals surface area contributed by atoms with Gasteiger partial charge in [-0.3, -0.25) is 24.0 Å². The third kappa shape index (κ3) is 3.86. The number of ether oxygens (including phenoxy) is 1. The number of likely N-dealkylation sites (N-methyl/N-ethyl adjacent to an activating group) is 1. The van der Waals surface area contributed by atoms with Crippen LogP contribution < -0.4 is 5.32 Å². The van der Waals surface area contributed by atoms with Crippen molar-refractivity contribution < 1.29 is 29.3 Å². The van der Waals surface area contributed by atoms with Crippen molar-refractivity contribution in [1.29, 1.82) is 0 Å². The summed E-state index contributed by atoms with van der Waals surface area (Å²) in [5.74, 6) is -3.95. The standard InChI is InChI=1S/C33H37N5O6/c1-32(35-29(40)20-14-22-21-9-6-10-23-28(21)19(16-34-23)15-24(22)36(2)17-20)31(42)38-25(13-18-7-4-3-5-8-18)30(41)37-26(11-12-27(37)39)33(38,43)44-32/h3-10,16,20,22,24-27,34,39,43H,11-15,17H2,1-2H3,(H,35,40)/t20-,22+,24-,25+,26+,27+,32-,33+/m1/s1. The Morgan fingerprint density at radius 1 is 1.14 bits per heavy atom. The van der Waals surface area contributed by atoms with E-state index >= 15 is 0 Å². The summed E-state index contributed by atoms with van der Waals surface area (Å²) >= 11 is 0. The topological polar surface area (TPSA) is 138 Å². The van der Waals surface area contributed by atoms with Crippen LogP contribution >= 0.6 is 0 Å². The summed E-state index contributed by atoms with van der Waals surface area (Å²) in [5, 5.41) is 26.9. The van der Waals surface area contributed by atoms with Crippen LogP contribution in [0, 0.1) is 5.92 Å². The minimum atomic E-state index is -2.21. The quantitative estimate of drug-likeness (QED) is 0.356. The Hall–Kier alpha value is -3.77. The second kappa shape index (κ2) is 9.61. The van der Waals surface area contributed by atoms with E-state index < -0.39 is 47.7 Å². The van der Waals surface area contributed by atoms with Crippen molar-refractivity contribution in [2.45, 2.75) is 80.9 Å². The van der Waals surface area contributed by atoms with Crippen LogP contribution in [0.4, 0.5) is 0 Å². The number of aliphatic hydroxyl groups is 2. The first-order valence-electron chi connectivity index (χ1n) is 15.5. The number of fused-ring (bicyclic) bond motifs is 5. The lowest BCUT2D eigenvalue weighted by Gasteiger charge is -2.49. The molecule has 5 aliphatic rings. The van der Waals surface area contributed by atoms with Crippen LogP contribution in [0.1, 0.15) is 48.8 Å². The molecule has 4 saturated heterocycles. The van der Waals surface area contributed by atoms with E-state index in [4.69, 9.17) is 4.74 Å². The van der Waals surface area contributed by atoms with Crippen molar-refractivity contribution in [3.63, 3.8) is 0 Å². The van der Waals surface area contributed by atoms with E-state index in [1.807, 2.05) is 43.4 Å². The van der Waals surface area contributed by atoms with Gasteiger partial charge < -0.3 is 30.3 Å². The summed E-state index contributed by atoms with van der Waals surface area (Å²) in [6.07, 6.45) is 3.12. The monoisotopic (exact) mass is 599 g/mol. The molecule has 0 bridgehead atoms. The van der Waals surface area contributed by atoms with Gasteiger partial charge in [-0.25, -0.2) is 0 Å². The molecule has 11 nitrogen and oxygen atoms in total. The van der Waals surface area contributed by atoms with Crippen molar-refractivity contribution in [2.24, 2.45) is 5.92 Å².